The van der Waals surface area contributed by atoms with Gasteiger partial charge >= 0.3 is 0 Å². The second-order valence-electron chi connectivity index (χ2n) is 5.13. The van der Waals surface area contributed by atoms with E-state index in [0.29, 0.717) is 17.4 Å². The predicted octanol–water partition coefficient (Wildman–Crippen LogP) is 3.49. The molecule has 0 aliphatic rings. The van der Waals surface area contributed by atoms with Crippen molar-refractivity contribution in [3.63, 3.8) is 0 Å². The molecule has 0 bridgehead atoms. The van der Waals surface area contributed by atoms with Crippen molar-refractivity contribution < 1.29 is 4.39 Å². The third-order valence-electron chi connectivity index (χ3n) is 3.05. The number of benzene rings is 1. The van der Waals surface area contributed by atoms with E-state index in [4.69, 9.17) is 5.73 Å². The minimum atomic E-state index is -0.270. The lowest BCUT2D eigenvalue weighted by Crippen LogP contribution is -2.10. The van der Waals surface area contributed by atoms with E-state index in [-0.39, 0.29) is 5.82 Å². The number of hydrogen-bond donors (Lipinski definition) is 1. The van der Waals surface area contributed by atoms with E-state index < -0.39 is 0 Å². The van der Waals surface area contributed by atoms with Gasteiger partial charge in [-0.2, -0.15) is 0 Å². The normalized spacial score (nSPS) is 11.2. The molecule has 0 radical (unpaired) electrons. The first-order valence-corrected chi connectivity index (χ1v) is 6.63. The molecule has 0 unspecified atom stereocenters. The van der Waals surface area contributed by atoms with Gasteiger partial charge in [0.25, 0.3) is 0 Å². The molecule has 1 heterocycles. The smallest absolute Gasteiger partial charge is 0.131 e. The maximum atomic E-state index is 13.3. The van der Waals surface area contributed by atoms with E-state index in [9.17, 15) is 4.39 Å². The second kappa shape index (κ2) is 5.43. The summed E-state index contributed by atoms with van der Waals surface area (Å²) >= 11 is 0. The Morgan fingerprint density at radius 3 is 2.68 bits per heavy atom. The summed E-state index contributed by atoms with van der Waals surface area (Å²) in [5, 5.41) is 0. The predicted molar refractivity (Wildman–Crippen MR) is 76.2 cm³/mol. The van der Waals surface area contributed by atoms with Gasteiger partial charge in [0.1, 0.15) is 23.2 Å². The van der Waals surface area contributed by atoms with E-state index in [1.54, 1.807) is 6.07 Å². The van der Waals surface area contributed by atoms with Crippen molar-refractivity contribution in [1.82, 2.24) is 9.55 Å². The van der Waals surface area contributed by atoms with Gasteiger partial charge in [-0.25, -0.2) is 9.37 Å². The third kappa shape index (κ3) is 2.78. The van der Waals surface area contributed by atoms with E-state index >= 15 is 0 Å². The molecule has 102 valence electrons. The summed E-state index contributed by atoms with van der Waals surface area (Å²) < 4.78 is 15.3. The molecule has 0 spiro atoms. The van der Waals surface area contributed by atoms with Gasteiger partial charge in [-0.1, -0.05) is 32.9 Å². The summed E-state index contributed by atoms with van der Waals surface area (Å²) in [6, 6.07) is 6.40. The molecule has 2 rings (SSSR count). The molecule has 2 N–H and O–H groups in total. The van der Waals surface area contributed by atoms with Crippen molar-refractivity contribution in [2.75, 3.05) is 5.73 Å². The highest BCUT2D eigenvalue weighted by Gasteiger charge is 2.16. The number of nitrogen functional groups attached to an aromatic ring is 1. The minimum absolute atomic E-state index is 0.270. The van der Waals surface area contributed by atoms with Gasteiger partial charge < -0.3 is 10.3 Å². The average Bonchev–Trinajstić information content (AvgIpc) is 2.66. The molecule has 1 aromatic carbocycles. The lowest BCUT2D eigenvalue weighted by molar-refractivity contribution is 0.513. The summed E-state index contributed by atoms with van der Waals surface area (Å²) in [6.45, 7) is 7.16. The topological polar surface area (TPSA) is 43.8 Å². The molecule has 0 saturated carbocycles. The van der Waals surface area contributed by atoms with Gasteiger partial charge in [-0.3, -0.25) is 0 Å². The lowest BCUT2D eigenvalue weighted by Gasteiger charge is -2.11. The van der Waals surface area contributed by atoms with Crippen LogP contribution in [0.2, 0.25) is 0 Å². The Kier molecular flexibility index (Phi) is 3.88. The lowest BCUT2D eigenvalue weighted by atomic mass is 10.1. The maximum absolute atomic E-state index is 13.3. The fourth-order valence-corrected chi connectivity index (χ4v) is 2.20. The molecular formula is C15H20FN3. The molecular weight excluding hydrogens is 241 g/mol. The third-order valence-corrected chi connectivity index (χ3v) is 3.05. The Morgan fingerprint density at radius 1 is 1.37 bits per heavy atom. The number of anilines is 1. The van der Waals surface area contributed by atoms with Crippen LogP contribution < -0.4 is 5.73 Å². The Labute approximate surface area is 113 Å². The highest BCUT2D eigenvalue weighted by Crippen LogP contribution is 2.27. The molecule has 0 amide bonds. The second-order valence-corrected chi connectivity index (χ2v) is 5.13. The van der Waals surface area contributed by atoms with Gasteiger partial charge in [0, 0.05) is 18.5 Å². The summed E-state index contributed by atoms with van der Waals surface area (Å²) in [5.41, 5.74) is 7.60. The zero-order chi connectivity index (χ0) is 14.0. The van der Waals surface area contributed by atoms with Crippen molar-refractivity contribution in [2.24, 2.45) is 5.92 Å². The average molecular weight is 261 g/mol. The van der Waals surface area contributed by atoms with Crippen molar-refractivity contribution in [3.8, 4) is 11.3 Å². The molecule has 2 aromatic rings. The van der Waals surface area contributed by atoms with Crippen LogP contribution in [0.4, 0.5) is 10.2 Å². The Balaban J connectivity index is 2.50. The standard InChI is InChI=1S/C15H20FN3/c1-4-13-18-14(11-6-5-7-12(16)8-11)15(17)19(13)9-10(2)3/h5-8,10H,4,9,17H2,1-3H3. The molecule has 19 heavy (non-hydrogen) atoms. The Morgan fingerprint density at radius 2 is 2.11 bits per heavy atom. The highest BCUT2D eigenvalue weighted by molar-refractivity contribution is 5.71. The van der Waals surface area contributed by atoms with Crippen LogP contribution in [0.5, 0.6) is 0 Å². The summed E-state index contributed by atoms with van der Waals surface area (Å²) in [7, 11) is 0. The van der Waals surface area contributed by atoms with Gasteiger partial charge in [-0.05, 0) is 18.1 Å². The fraction of sp³-hybridized carbons (Fsp3) is 0.400. The van der Waals surface area contributed by atoms with Crippen molar-refractivity contribution in [1.29, 1.82) is 0 Å². The molecule has 4 heteroatoms. The van der Waals surface area contributed by atoms with Crippen LogP contribution in [0.1, 0.15) is 26.6 Å². The van der Waals surface area contributed by atoms with E-state index in [2.05, 4.69) is 18.8 Å². The number of nitrogens with two attached hydrogens (primary N) is 1. The number of halogens is 1. The zero-order valence-corrected chi connectivity index (χ0v) is 11.7. The fourth-order valence-electron chi connectivity index (χ4n) is 2.20. The van der Waals surface area contributed by atoms with Gasteiger partial charge in [0.15, 0.2) is 0 Å². The SMILES string of the molecule is CCc1nc(-c2cccc(F)c2)c(N)n1CC(C)C. The van der Waals surface area contributed by atoms with Crippen LogP contribution in [0.15, 0.2) is 24.3 Å². The quantitative estimate of drug-likeness (QED) is 0.915. The van der Waals surface area contributed by atoms with Crippen molar-refractivity contribution in [3.05, 3.63) is 35.9 Å². The van der Waals surface area contributed by atoms with Crippen LogP contribution >= 0.6 is 0 Å². The number of imidazole rings is 1. The molecule has 0 atom stereocenters. The van der Waals surface area contributed by atoms with Crippen LogP contribution in [0, 0.1) is 11.7 Å². The Hall–Kier alpha value is -1.84. The van der Waals surface area contributed by atoms with Crippen LogP contribution in [-0.4, -0.2) is 9.55 Å². The molecule has 3 nitrogen and oxygen atoms in total. The molecule has 0 aliphatic carbocycles. The molecule has 0 aliphatic heterocycles. The number of nitrogens with zero attached hydrogens (tertiary/aromatic N) is 2. The van der Waals surface area contributed by atoms with E-state index in [1.807, 2.05) is 17.6 Å². The summed E-state index contributed by atoms with van der Waals surface area (Å²) in [5.74, 6) is 1.79. The first-order valence-electron chi connectivity index (χ1n) is 6.63. The summed E-state index contributed by atoms with van der Waals surface area (Å²) in [4.78, 5) is 4.56. The molecule has 1 aromatic heterocycles. The van der Waals surface area contributed by atoms with E-state index in [0.717, 1.165) is 24.4 Å². The number of hydrogen-bond acceptors (Lipinski definition) is 2. The monoisotopic (exact) mass is 261 g/mol. The molecule has 0 saturated heterocycles. The van der Waals surface area contributed by atoms with Crippen LogP contribution in [0.3, 0.4) is 0 Å². The van der Waals surface area contributed by atoms with Crippen LogP contribution in [0.25, 0.3) is 11.3 Å². The number of rotatable bonds is 4. The van der Waals surface area contributed by atoms with E-state index in [1.165, 1.54) is 12.1 Å². The maximum Gasteiger partial charge on any atom is 0.131 e. The van der Waals surface area contributed by atoms with Gasteiger partial charge in [0.2, 0.25) is 0 Å². The largest absolute Gasteiger partial charge is 0.383 e. The van der Waals surface area contributed by atoms with Gasteiger partial charge in [0.05, 0.1) is 0 Å². The summed E-state index contributed by atoms with van der Waals surface area (Å²) in [6.07, 6.45) is 0.812. The van der Waals surface area contributed by atoms with Gasteiger partial charge in [-0.15, -0.1) is 0 Å². The first-order chi connectivity index (χ1) is 9.02. The number of aromatic nitrogens is 2. The van der Waals surface area contributed by atoms with Crippen LogP contribution in [-0.2, 0) is 13.0 Å². The number of aryl methyl sites for hydroxylation is 1. The Bertz CT molecular complexity index is 573. The first kappa shape index (κ1) is 13.6. The van der Waals surface area contributed by atoms with Crippen molar-refractivity contribution in [2.45, 2.75) is 33.7 Å². The molecule has 0 fully saturated rings. The van der Waals surface area contributed by atoms with Crippen molar-refractivity contribution >= 4 is 5.82 Å². The highest BCUT2D eigenvalue weighted by atomic mass is 19.1. The minimum Gasteiger partial charge on any atom is -0.383 e. The zero-order valence-electron chi connectivity index (χ0n) is 11.7.